The van der Waals surface area contributed by atoms with E-state index in [9.17, 15) is 0 Å². The first kappa shape index (κ1) is 8.84. The molecular weight excluding hydrogens is 69.9 g/mol. The molecule has 4 heteroatoms. The third-order valence-corrected chi connectivity index (χ3v) is 0. The number of hydrogen-bond acceptors (Lipinski definition) is 2. The number of rotatable bonds is 0. The Labute approximate surface area is 37.7 Å². The Morgan fingerprint density at radius 2 is 1.75 bits per heavy atom. The van der Waals surface area contributed by atoms with E-state index in [4.69, 9.17) is 9.46 Å². The zero-order valence-corrected chi connectivity index (χ0v) is 3.55. The van der Waals surface area contributed by atoms with Crippen LogP contribution in [0.1, 0.15) is 0 Å². The van der Waals surface area contributed by atoms with E-state index in [1.165, 1.54) is 0 Å². The Morgan fingerprint density at radius 1 is 1.75 bits per heavy atom. The molecule has 0 aliphatic carbocycles. The predicted molar refractivity (Wildman–Crippen MR) is 10.4 cm³/mol. The molecule has 0 heterocycles. The topological polar surface area (TPSA) is 40.1 Å². The average Bonchev–Trinajstić information content (AvgIpc) is 0.918. The minimum absolute atomic E-state index is 0. The van der Waals surface area contributed by atoms with Crippen LogP contribution in [0, 0.1) is 0 Å². The van der Waals surface area contributed by atoms with E-state index in [1.54, 1.807) is 0 Å². The maximum absolute atomic E-state index is 8.46. The van der Waals surface area contributed by atoms with Crippen molar-refractivity contribution in [3.05, 3.63) is 0 Å². The van der Waals surface area contributed by atoms with Crippen molar-refractivity contribution in [1.82, 2.24) is 0 Å². The first-order chi connectivity index (χ1) is 1.41. The van der Waals surface area contributed by atoms with Gasteiger partial charge < -0.3 is 9.46 Å². The molecule has 0 aromatic heterocycles. The molecular formula is H2LiO2P. The first-order valence-electron chi connectivity index (χ1n) is 0.471. The molecule has 0 saturated carbocycles. The van der Waals surface area contributed by atoms with Crippen molar-refractivity contribution >= 4 is 8.69 Å². The Balaban J connectivity index is 0. The molecule has 0 bridgehead atoms. The van der Waals surface area contributed by atoms with Crippen LogP contribution in [0.5, 0.6) is 0 Å². The second kappa shape index (κ2) is 9.21. The van der Waals surface area contributed by atoms with Crippen molar-refractivity contribution in [2.45, 2.75) is 0 Å². The van der Waals surface area contributed by atoms with Crippen molar-refractivity contribution in [2.24, 2.45) is 0 Å². The molecule has 0 amide bonds. The van der Waals surface area contributed by atoms with Crippen LogP contribution in [0.25, 0.3) is 0 Å². The fraction of sp³-hybridized carbons (Fsp3) is 0. The standard InChI is InChI=1S/Li.H3O2P/c;1-3-2/h;3H2,(H,1,2)/q+1;/p-1. The Kier molecular flexibility index (Phi) is 20.4. The summed E-state index contributed by atoms with van der Waals surface area (Å²) in [5.41, 5.74) is 0. The normalized spacial score (nSPS) is 7.25. The van der Waals surface area contributed by atoms with Gasteiger partial charge in [0.15, 0.2) is 0 Å². The number of hydrogen-bond donors (Lipinski definition) is 0. The summed E-state index contributed by atoms with van der Waals surface area (Å²) >= 11 is 0. The van der Waals surface area contributed by atoms with Crippen LogP contribution in [-0.2, 0) is 4.57 Å². The Hall–Kier alpha value is 0.787. The van der Waals surface area contributed by atoms with Gasteiger partial charge in [-0.2, -0.15) is 0 Å². The van der Waals surface area contributed by atoms with E-state index in [0.717, 1.165) is 0 Å². The summed E-state index contributed by atoms with van der Waals surface area (Å²) in [7, 11) is -1.75. The van der Waals surface area contributed by atoms with Crippen molar-refractivity contribution < 1.29 is 28.3 Å². The molecule has 0 saturated heterocycles. The van der Waals surface area contributed by atoms with E-state index < -0.39 is 8.69 Å². The summed E-state index contributed by atoms with van der Waals surface area (Å²) in [6.45, 7) is 0. The van der Waals surface area contributed by atoms with Gasteiger partial charge in [0.1, 0.15) is 0 Å². The van der Waals surface area contributed by atoms with Gasteiger partial charge in [0.05, 0.1) is 0 Å². The molecule has 0 rings (SSSR count). The van der Waals surface area contributed by atoms with Gasteiger partial charge in [-0.25, -0.2) is 0 Å². The third-order valence-electron chi connectivity index (χ3n) is 0. The van der Waals surface area contributed by atoms with Crippen LogP contribution in [-0.4, -0.2) is 0 Å². The summed E-state index contributed by atoms with van der Waals surface area (Å²) in [5.74, 6) is 0. The summed E-state index contributed by atoms with van der Waals surface area (Å²) < 4.78 is 8.46. The quantitative estimate of drug-likeness (QED) is 0.216. The van der Waals surface area contributed by atoms with E-state index in [1.807, 2.05) is 0 Å². The van der Waals surface area contributed by atoms with Crippen LogP contribution in [0.15, 0.2) is 0 Å². The van der Waals surface area contributed by atoms with Gasteiger partial charge in [0.25, 0.3) is 0 Å². The van der Waals surface area contributed by atoms with Gasteiger partial charge in [0.2, 0.25) is 0 Å². The summed E-state index contributed by atoms with van der Waals surface area (Å²) in [6, 6.07) is 0. The first-order valence-corrected chi connectivity index (χ1v) is 1.41. The van der Waals surface area contributed by atoms with Gasteiger partial charge in [-0.1, -0.05) is 0 Å². The van der Waals surface area contributed by atoms with Crippen LogP contribution < -0.4 is 23.8 Å². The molecule has 1 unspecified atom stereocenters. The van der Waals surface area contributed by atoms with Crippen LogP contribution in [0.2, 0.25) is 0 Å². The molecule has 2 nitrogen and oxygen atoms in total. The molecule has 20 valence electrons. The molecule has 0 fully saturated rings. The van der Waals surface area contributed by atoms with Gasteiger partial charge in [-0.3, -0.25) is 0 Å². The fourth-order valence-corrected chi connectivity index (χ4v) is 0. The van der Waals surface area contributed by atoms with Crippen molar-refractivity contribution in [1.29, 1.82) is 0 Å². The zero-order chi connectivity index (χ0) is 2.71. The van der Waals surface area contributed by atoms with Crippen LogP contribution in [0.4, 0.5) is 0 Å². The molecule has 0 radical (unpaired) electrons. The molecule has 0 N–H and O–H groups in total. The molecule has 0 aromatic rings. The minimum atomic E-state index is -1.75. The second-order valence-electron chi connectivity index (χ2n) is 0.0962. The SMILES string of the molecule is O=[PH2][O-].[Li+]. The smallest absolute Gasteiger partial charge is 0.804 e. The monoisotopic (exact) mass is 72.0 g/mol. The van der Waals surface area contributed by atoms with E-state index >= 15 is 0 Å². The van der Waals surface area contributed by atoms with Gasteiger partial charge in [-0.15, -0.1) is 0 Å². The zero-order valence-electron chi connectivity index (χ0n) is 2.39. The van der Waals surface area contributed by atoms with Crippen LogP contribution >= 0.6 is 8.69 Å². The molecule has 1 atom stereocenters. The van der Waals surface area contributed by atoms with Crippen molar-refractivity contribution in [3.63, 3.8) is 0 Å². The van der Waals surface area contributed by atoms with Gasteiger partial charge in [-0.05, 0) is 8.69 Å². The Morgan fingerprint density at radius 3 is 1.75 bits per heavy atom. The maximum atomic E-state index is 8.46. The minimum Gasteiger partial charge on any atom is -0.804 e. The van der Waals surface area contributed by atoms with Gasteiger partial charge in [0, 0.05) is 0 Å². The molecule has 4 heavy (non-hydrogen) atoms. The second-order valence-corrected chi connectivity index (χ2v) is 0.289. The van der Waals surface area contributed by atoms with E-state index in [-0.39, 0.29) is 18.9 Å². The largest absolute Gasteiger partial charge is 1.00 e. The molecule has 0 aromatic carbocycles. The molecule has 0 spiro atoms. The Bertz CT molecular complexity index is 13.5. The molecule has 0 aliphatic rings. The third kappa shape index (κ3) is 14.4. The fourth-order valence-electron chi connectivity index (χ4n) is 0. The maximum Gasteiger partial charge on any atom is 1.00 e. The predicted octanol–water partition coefficient (Wildman–Crippen LogP) is -3.98. The van der Waals surface area contributed by atoms with Crippen molar-refractivity contribution in [2.75, 3.05) is 0 Å². The summed E-state index contributed by atoms with van der Waals surface area (Å²) in [6.07, 6.45) is 0. The van der Waals surface area contributed by atoms with Crippen LogP contribution in [0.3, 0.4) is 0 Å². The van der Waals surface area contributed by atoms with E-state index in [2.05, 4.69) is 0 Å². The molecule has 0 aliphatic heterocycles. The van der Waals surface area contributed by atoms with Crippen molar-refractivity contribution in [3.8, 4) is 0 Å². The average molecular weight is 71.9 g/mol. The summed E-state index contributed by atoms with van der Waals surface area (Å²) in [5, 5.41) is 0. The van der Waals surface area contributed by atoms with E-state index in [0.29, 0.717) is 0 Å². The van der Waals surface area contributed by atoms with Gasteiger partial charge >= 0.3 is 18.9 Å². The summed E-state index contributed by atoms with van der Waals surface area (Å²) in [4.78, 5) is 8.46.